The summed E-state index contributed by atoms with van der Waals surface area (Å²) in [5.41, 5.74) is 3.36. The molecule has 1 fully saturated rings. The number of aromatic amines is 1. The van der Waals surface area contributed by atoms with Crippen LogP contribution in [0.3, 0.4) is 0 Å². The van der Waals surface area contributed by atoms with Gasteiger partial charge in [0.25, 0.3) is 0 Å². The van der Waals surface area contributed by atoms with Crippen LogP contribution in [0, 0.1) is 0 Å². The number of carboxylic acid groups (broad SMARTS) is 1. The molecule has 2 aromatic heterocycles. The van der Waals surface area contributed by atoms with E-state index in [-0.39, 0.29) is 5.15 Å². The maximum atomic E-state index is 12.7. The Bertz CT molecular complexity index is 1380. The van der Waals surface area contributed by atoms with E-state index in [1.807, 2.05) is 40.8 Å². The molecule has 0 bridgehead atoms. The zero-order valence-corrected chi connectivity index (χ0v) is 21.7. The molecule has 1 saturated heterocycles. The highest BCUT2D eigenvalue weighted by Gasteiger charge is 2.51. The number of H-pyrrole nitrogens is 1. The molecular formula is C27H30ClN7O2. The molecular weight excluding hydrogens is 490 g/mol. The van der Waals surface area contributed by atoms with E-state index in [9.17, 15) is 9.90 Å². The lowest BCUT2D eigenvalue weighted by molar-refractivity contribution is -0.150. The van der Waals surface area contributed by atoms with Crippen molar-refractivity contribution in [3.8, 4) is 22.5 Å². The van der Waals surface area contributed by atoms with E-state index < -0.39 is 11.5 Å². The summed E-state index contributed by atoms with van der Waals surface area (Å²) in [7, 11) is 1.86. The number of nitrogens with zero attached hydrogens (tertiary/aromatic N) is 6. The summed E-state index contributed by atoms with van der Waals surface area (Å²) in [5.74, 6) is 0.484. The van der Waals surface area contributed by atoms with Gasteiger partial charge in [0.05, 0.1) is 5.69 Å². The van der Waals surface area contributed by atoms with Crippen LogP contribution in [0.1, 0.15) is 49.7 Å². The quantitative estimate of drug-likeness (QED) is 0.327. The van der Waals surface area contributed by atoms with Gasteiger partial charge >= 0.3 is 5.97 Å². The molecule has 0 unspecified atom stereocenters. The zero-order chi connectivity index (χ0) is 26.0. The number of unbranched alkanes of at least 4 members (excludes halogenated alkanes) is 1. The average Bonchev–Trinajstić information content (AvgIpc) is 3.63. The van der Waals surface area contributed by atoms with Gasteiger partial charge in [-0.25, -0.2) is 9.78 Å². The first-order valence-electron chi connectivity index (χ1n) is 12.6. The topological polar surface area (TPSA) is 113 Å². The average molecular weight is 520 g/mol. The second-order valence-electron chi connectivity index (χ2n) is 9.53. The van der Waals surface area contributed by atoms with Crippen molar-refractivity contribution in [3.63, 3.8) is 0 Å². The fraction of sp³-hybridized carbons (Fsp3) is 0.370. The summed E-state index contributed by atoms with van der Waals surface area (Å²) in [6.07, 6.45) is 4.00. The second-order valence-corrected chi connectivity index (χ2v) is 9.88. The molecule has 0 radical (unpaired) electrons. The van der Waals surface area contributed by atoms with Crippen molar-refractivity contribution in [2.24, 2.45) is 0 Å². The summed E-state index contributed by atoms with van der Waals surface area (Å²) in [6, 6.07) is 16.2. The zero-order valence-electron chi connectivity index (χ0n) is 21.0. The predicted molar refractivity (Wildman–Crippen MR) is 141 cm³/mol. The van der Waals surface area contributed by atoms with Crippen LogP contribution >= 0.6 is 11.6 Å². The minimum Gasteiger partial charge on any atom is -0.480 e. The molecule has 37 heavy (non-hydrogen) atoms. The Labute approximate surface area is 220 Å². The molecule has 4 aromatic rings. The Morgan fingerprint density at radius 1 is 1.16 bits per heavy atom. The molecule has 192 valence electrons. The summed E-state index contributed by atoms with van der Waals surface area (Å²) in [6.45, 7) is 3.32. The van der Waals surface area contributed by atoms with Crippen LogP contribution in [0.2, 0.25) is 5.15 Å². The third-order valence-corrected chi connectivity index (χ3v) is 7.57. The van der Waals surface area contributed by atoms with Crippen molar-refractivity contribution >= 4 is 17.6 Å². The van der Waals surface area contributed by atoms with E-state index in [1.165, 1.54) is 0 Å². The van der Waals surface area contributed by atoms with Gasteiger partial charge in [-0.1, -0.05) is 73.5 Å². The number of carbonyl (C=O) groups is 1. The number of carboxylic acids is 1. The van der Waals surface area contributed by atoms with Gasteiger partial charge in [0, 0.05) is 18.5 Å². The monoisotopic (exact) mass is 519 g/mol. The minimum absolute atomic E-state index is 0.285. The van der Waals surface area contributed by atoms with Crippen molar-refractivity contribution in [2.75, 3.05) is 13.6 Å². The van der Waals surface area contributed by atoms with Crippen LogP contribution in [0.25, 0.3) is 22.5 Å². The molecule has 5 rings (SSSR count). The number of likely N-dealkylation sites (tertiary alicyclic amines) is 1. The van der Waals surface area contributed by atoms with Gasteiger partial charge in [0.15, 0.2) is 10.7 Å². The molecule has 3 heterocycles. The molecule has 10 heteroatoms. The fourth-order valence-corrected chi connectivity index (χ4v) is 5.72. The van der Waals surface area contributed by atoms with E-state index >= 15 is 0 Å². The highest BCUT2D eigenvalue weighted by molar-refractivity contribution is 6.30. The van der Waals surface area contributed by atoms with E-state index in [2.05, 4.69) is 56.8 Å². The molecule has 1 aliphatic rings. The van der Waals surface area contributed by atoms with Crippen LogP contribution in [0.15, 0.2) is 48.5 Å². The number of hydrogen-bond donors (Lipinski definition) is 2. The molecule has 9 nitrogen and oxygen atoms in total. The SMILES string of the molecule is CCCCc1nc(Cl)c([C@]2(C(=O)O)CCCN2C)n1Cc1ccc(-c2ccccc2-c2nn[nH]n2)cc1. The molecule has 0 spiro atoms. The van der Waals surface area contributed by atoms with Crippen LogP contribution < -0.4 is 0 Å². The number of aryl methyl sites for hydroxylation is 1. The Morgan fingerprint density at radius 3 is 2.54 bits per heavy atom. The number of imidazole rings is 1. The highest BCUT2D eigenvalue weighted by Crippen LogP contribution is 2.42. The maximum Gasteiger partial charge on any atom is 0.330 e. The number of likely N-dealkylation sites (N-methyl/N-ethyl adjacent to an activating group) is 1. The van der Waals surface area contributed by atoms with Crippen molar-refractivity contribution in [2.45, 2.75) is 51.1 Å². The standard InChI is InChI=1S/C27H30ClN7O2/c1-3-4-10-22-29-24(28)23(27(26(36)37)15-7-16-34(27)2)35(22)17-18-11-13-19(14-12-18)20-8-5-6-9-21(20)25-30-32-33-31-25/h5-6,8-9,11-14H,3-4,7,10,15-17H2,1-2H3,(H,36,37)(H,30,31,32,33)/t27-/m0/s1. The van der Waals surface area contributed by atoms with Gasteiger partial charge in [0.1, 0.15) is 5.82 Å². The normalized spacial score (nSPS) is 17.9. The number of tetrazole rings is 1. The third-order valence-electron chi connectivity index (χ3n) is 7.31. The number of rotatable bonds is 9. The number of halogens is 1. The van der Waals surface area contributed by atoms with E-state index in [0.29, 0.717) is 31.0 Å². The Morgan fingerprint density at radius 2 is 1.92 bits per heavy atom. The maximum absolute atomic E-state index is 12.7. The minimum atomic E-state index is -1.18. The molecule has 1 aliphatic heterocycles. The Balaban J connectivity index is 1.53. The van der Waals surface area contributed by atoms with Gasteiger partial charge < -0.3 is 9.67 Å². The summed E-state index contributed by atoms with van der Waals surface area (Å²) in [5, 5.41) is 25.2. The van der Waals surface area contributed by atoms with Crippen molar-refractivity contribution in [1.29, 1.82) is 0 Å². The van der Waals surface area contributed by atoms with E-state index in [1.54, 1.807) is 0 Å². The smallest absolute Gasteiger partial charge is 0.330 e. The molecule has 0 amide bonds. The largest absolute Gasteiger partial charge is 0.480 e. The molecule has 0 saturated carbocycles. The Hall–Kier alpha value is -3.56. The Kier molecular flexibility index (Phi) is 7.08. The number of aromatic nitrogens is 6. The number of hydrogen-bond acceptors (Lipinski definition) is 6. The van der Waals surface area contributed by atoms with Crippen LogP contribution in [-0.4, -0.2) is 59.7 Å². The first kappa shape index (κ1) is 25.1. The highest BCUT2D eigenvalue weighted by atomic mass is 35.5. The third kappa shape index (κ3) is 4.53. The first-order valence-corrected chi connectivity index (χ1v) is 13.0. The summed E-state index contributed by atoms with van der Waals surface area (Å²) in [4.78, 5) is 19.3. The number of aliphatic carboxylic acids is 1. The van der Waals surface area contributed by atoms with Gasteiger partial charge in [-0.3, -0.25) is 4.90 Å². The molecule has 2 aromatic carbocycles. The van der Waals surface area contributed by atoms with Crippen LogP contribution in [0.4, 0.5) is 0 Å². The molecule has 2 N–H and O–H groups in total. The lowest BCUT2D eigenvalue weighted by Gasteiger charge is -2.33. The second kappa shape index (κ2) is 10.4. The van der Waals surface area contributed by atoms with Crippen molar-refractivity contribution in [1.82, 2.24) is 35.1 Å². The first-order chi connectivity index (χ1) is 18.0. The lowest BCUT2D eigenvalue weighted by atomic mass is 9.92. The number of nitrogens with one attached hydrogen (secondary N) is 1. The van der Waals surface area contributed by atoms with E-state index in [4.69, 9.17) is 11.6 Å². The van der Waals surface area contributed by atoms with Crippen molar-refractivity contribution in [3.05, 3.63) is 70.8 Å². The van der Waals surface area contributed by atoms with Gasteiger partial charge in [-0.2, -0.15) is 5.21 Å². The fourth-order valence-electron chi connectivity index (χ4n) is 5.36. The van der Waals surface area contributed by atoms with Crippen molar-refractivity contribution < 1.29 is 9.90 Å². The van der Waals surface area contributed by atoms with E-state index in [0.717, 1.165) is 53.8 Å². The number of benzene rings is 2. The summed E-state index contributed by atoms with van der Waals surface area (Å²) >= 11 is 6.70. The predicted octanol–water partition coefficient (Wildman–Crippen LogP) is 4.78. The van der Waals surface area contributed by atoms with Crippen LogP contribution in [-0.2, 0) is 23.3 Å². The van der Waals surface area contributed by atoms with Gasteiger partial charge in [-0.15, -0.1) is 10.2 Å². The van der Waals surface area contributed by atoms with Gasteiger partial charge in [-0.05, 0) is 54.8 Å². The lowest BCUT2D eigenvalue weighted by Crippen LogP contribution is -2.47. The van der Waals surface area contributed by atoms with Crippen LogP contribution in [0.5, 0.6) is 0 Å². The summed E-state index contributed by atoms with van der Waals surface area (Å²) < 4.78 is 2.04. The molecule has 0 aliphatic carbocycles. The van der Waals surface area contributed by atoms with Gasteiger partial charge in [0.2, 0.25) is 5.82 Å². The molecule has 1 atom stereocenters.